The van der Waals surface area contributed by atoms with E-state index in [4.69, 9.17) is 4.74 Å². The van der Waals surface area contributed by atoms with Crippen LogP contribution in [0.2, 0.25) is 0 Å². The van der Waals surface area contributed by atoms with Gasteiger partial charge in [0.25, 0.3) is 0 Å². The molecule has 1 fully saturated rings. The van der Waals surface area contributed by atoms with Gasteiger partial charge in [-0.25, -0.2) is 9.78 Å². The third-order valence-electron chi connectivity index (χ3n) is 4.52. The first-order valence-electron chi connectivity index (χ1n) is 9.77. The predicted molar refractivity (Wildman–Crippen MR) is 114 cm³/mol. The number of aromatic amines is 1. The van der Waals surface area contributed by atoms with E-state index in [1.165, 1.54) is 0 Å². The number of alkyl carbamates (subject to hydrolysis) is 1. The first kappa shape index (κ1) is 21.2. The Morgan fingerprint density at radius 3 is 2.72 bits per heavy atom. The Bertz CT molecular complexity index is 876. The molecule has 1 amide bonds. The molecule has 2 unspecified atom stereocenters. The predicted octanol–water partition coefficient (Wildman–Crippen LogP) is 4.27. The molecular weight excluding hydrogens is 391 g/mol. The number of carbonyl (C=O) groups is 1. The molecule has 10 heteroatoms. The van der Waals surface area contributed by atoms with Gasteiger partial charge in [0.1, 0.15) is 11.9 Å². The number of anilines is 3. The molecule has 0 radical (unpaired) electrons. The highest BCUT2D eigenvalue weighted by atomic mass is 31.2. The number of nitrogens with zero attached hydrogens (tertiary/aromatic N) is 2. The van der Waals surface area contributed by atoms with E-state index in [2.05, 4.69) is 30.9 Å². The lowest BCUT2D eigenvalue weighted by Crippen LogP contribution is -2.33. The van der Waals surface area contributed by atoms with Crippen LogP contribution in [0.5, 0.6) is 0 Å². The molecule has 2 atom stereocenters. The van der Waals surface area contributed by atoms with E-state index < -0.39 is 7.29 Å². The van der Waals surface area contributed by atoms with E-state index in [9.17, 15) is 9.36 Å². The number of amides is 1. The minimum Gasteiger partial charge on any atom is -0.446 e. The molecule has 1 aliphatic carbocycles. The molecule has 9 nitrogen and oxygen atoms in total. The van der Waals surface area contributed by atoms with Crippen molar-refractivity contribution in [3.63, 3.8) is 0 Å². The minimum atomic E-state index is -2.36. The maximum atomic E-state index is 11.8. The fourth-order valence-electron chi connectivity index (χ4n) is 3.34. The summed E-state index contributed by atoms with van der Waals surface area (Å²) in [4.78, 5) is 16.1. The molecule has 3 rings (SSSR count). The Labute approximate surface area is 170 Å². The van der Waals surface area contributed by atoms with Gasteiger partial charge in [0.05, 0.1) is 11.9 Å². The largest absolute Gasteiger partial charge is 0.446 e. The lowest BCUT2D eigenvalue weighted by molar-refractivity contribution is 0.0981. The second-order valence-corrected chi connectivity index (χ2v) is 11.0. The number of aromatic nitrogens is 3. The molecule has 2 aromatic heterocycles. The highest BCUT2D eigenvalue weighted by Gasteiger charge is 2.30. The number of hydrogen-bond acceptors (Lipinski definition) is 6. The summed E-state index contributed by atoms with van der Waals surface area (Å²) in [6, 6.07) is 5.65. The summed E-state index contributed by atoms with van der Waals surface area (Å²) in [5.74, 6) is 1.60. The van der Waals surface area contributed by atoms with Gasteiger partial charge in [-0.3, -0.25) is 5.10 Å². The number of ether oxygens (including phenoxy) is 1. The van der Waals surface area contributed by atoms with Gasteiger partial charge in [-0.05, 0) is 45.2 Å². The van der Waals surface area contributed by atoms with E-state index in [-0.39, 0.29) is 24.2 Å². The minimum absolute atomic E-state index is 0.0628. The number of nitrogens with one attached hydrogen (secondary N) is 4. The van der Waals surface area contributed by atoms with Crippen LogP contribution in [0.15, 0.2) is 24.4 Å². The highest BCUT2D eigenvalue weighted by Crippen LogP contribution is 2.37. The van der Waals surface area contributed by atoms with Gasteiger partial charge < -0.3 is 25.0 Å². The molecule has 1 aliphatic rings. The standard InChI is InChI=1S/C19H29N6O3P/c1-12(2)21-19(26)28-15-7-5-13(9-15)16-10-18(24-23-16)22-17-8-6-14(11-20-17)25-29(3,4)27/h6,8,10-13,15H,5,7,9H2,1-4H3,(H,21,26)(H,25,27)(H2,20,22,23,24). The monoisotopic (exact) mass is 420 g/mol. The first-order valence-corrected chi connectivity index (χ1v) is 12.4. The molecule has 2 aromatic rings. The van der Waals surface area contributed by atoms with Crippen molar-refractivity contribution in [1.29, 1.82) is 0 Å². The molecule has 0 aromatic carbocycles. The van der Waals surface area contributed by atoms with Gasteiger partial charge in [-0.2, -0.15) is 5.10 Å². The van der Waals surface area contributed by atoms with Crippen LogP contribution >= 0.6 is 7.29 Å². The summed E-state index contributed by atoms with van der Waals surface area (Å²) in [5, 5.41) is 16.2. The maximum Gasteiger partial charge on any atom is 0.407 e. The molecule has 0 saturated heterocycles. The number of hydrogen-bond donors (Lipinski definition) is 4. The molecule has 0 spiro atoms. The number of H-pyrrole nitrogens is 1. The van der Waals surface area contributed by atoms with E-state index in [1.807, 2.05) is 26.0 Å². The van der Waals surface area contributed by atoms with Crippen molar-refractivity contribution >= 4 is 30.7 Å². The topological polar surface area (TPSA) is 121 Å². The van der Waals surface area contributed by atoms with Crippen molar-refractivity contribution in [3.05, 3.63) is 30.1 Å². The second-order valence-electron chi connectivity index (χ2n) is 8.06. The van der Waals surface area contributed by atoms with Crippen LogP contribution in [0, 0.1) is 0 Å². The van der Waals surface area contributed by atoms with Crippen molar-refractivity contribution in [2.75, 3.05) is 23.7 Å². The quantitative estimate of drug-likeness (QED) is 0.494. The average molecular weight is 420 g/mol. The van der Waals surface area contributed by atoms with Crippen molar-refractivity contribution in [2.45, 2.75) is 51.2 Å². The van der Waals surface area contributed by atoms with Gasteiger partial charge in [-0.1, -0.05) is 0 Å². The van der Waals surface area contributed by atoms with Gasteiger partial charge in [0, 0.05) is 37.0 Å². The average Bonchev–Trinajstić information content (AvgIpc) is 3.24. The first-order chi connectivity index (χ1) is 13.7. The van der Waals surface area contributed by atoms with E-state index in [0.717, 1.165) is 25.0 Å². The smallest absolute Gasteiger partial charge is 0.407 e. The van der Waals surface area contributed by atoms with Crippen LogP contribution in [-0.2, 0) is 9.30 Å². The Morgan fingerprint density at radius 2 is 2.07 bits per heavy atom. The summed E-state index contributed by atoms with van der Waals surface area (Å²) in [7, 11) is -2.36. The summed E-state index contributed by atoms with van der Waals surface area (Å²) in [5.41, 5.74) is 1.73. The third-order valence-corrected chi connectivity index (χ3v) is 5.32. The second kappa shape index (κ2) is 8.86. The maximum absolute atomic E-state index is 11.8. The molecule has 29 heavy (non-hydrogen) atoms. The molecule has 2 heterocycles. The fourth-order valence-corrected chi connectivity index (χ4v) is 4.09. The number of rotatable bonds is 7. The molecule has 1 saturated carbocycles. The molecular formula is C19H29N6O3P. The highest BCUT2D eigenvalue weighted by molar-refractivity contribution is 7.63. The van der Waals surface area contributed by atoms with E-state index >= 15 is 0 Å². The molecule has 0 bridgehead atoms. The summed E-state index contributed by atoms with van der Waals surface area (Å²) in [6.07, 6.45) is 3.76. The fraction of sp³-hybridized carbons (Fsp3) is 0.526. The van der Waals surface area contributed by atoms with E-state index in [1.54, 1.807) is 25.6 Å². The summed E-state index contributed by atoms with van der Waals surface area (Å²) >= 11 is 0. The third kappa shape index (κ3) is 6.49. The Hall–Kier alpha value is -2.54. The van der Waals surface area contributed by atoms with Crippen molar-refractivity contribution in [3.8, 4) is 0 Å². The summed E-state index contributed by atoms with van der Waals surface area (Å²) < 4.78 is 17.3. The SMILES string of the molecule is CC(C)NC(=O)OC1CCC(c2cc(Nc3ccc(NP(C)(C)=O)cn3)n[nH]2)C1. The van der Waals surface area contributed by atoms with Gasteiger partial charge in [0.2, 0.25) is 0 Å². The van der Waals surface area contributed by atoms with Crippen LogP contribution in [0.4, 0.5) is 22.1 Å². The van der Waals surface area contributed by atoms with E-state index in [0.29, 0.717) is 17.3 Å². The molecule has 158 valence electrons. The van der Waals surface area contributed by atoms with Crippen LogP contribution < -0.4 is 15.7 Å². The van der Waals surface area contributed by atoms with Gasteiger partial charge >= 0.3 is 6.09 Å². The van der Waals surface area contributed by atoms with Gasteiger partial charge in [0.15, 0.2) is 13.1 Å². The van der Waals surface area contributed by atoms with Crippen LogP contribution in [-0.4, -0.2) is 46.8 Å². The van der Waals surface area contributed by atoms with Crippen LogP contribution in [0.3, 0.4) is 0 Å². The molecule has 0 aliphatic heterocycles. The van der Waals surface area contributed by atoms with Crippen LogP contribution in [0.1, 0.15) is 44.7 Å². The number of carbonyl (C=O) groups excluding carboxylic acids is 1. The normalized spacial score (nSPS) is 19.2. The lowest BCUT2D eigenvalue weighted by Gasteiger charge is -2.14. The zero-order valence-corrected chi connectivity index (χ0v) is 18.1. The Balaban J connectivity index is 1.53. The number of pyridine rings is 1. The molecule has 4 N–H and O–H groups in total. The lowest BCUT2D eigenvalue weighted by atomic mass is 10.0. The Kier molecular flexibility index (Phi) is 6.47. The van der Waals surface area contributed by atoms with Crippen LogP contribution in [0.25, 0.3) is 0 Å². The summed E-state index contributed by atoms with van der Waals surface area (Å²) in [6.45, 7) is 7.14. The zero-order valence-electron chi connectivity index (χ0n) is 17.2. The Morgan fingerprint density at radius 1 is 1.28 bits per heavy atom. The zero-order chi connectivity index (χ0) is 21.0. The van der Waals surface area contributed by atoms with Crippen molar-refractivity contribution in [2.24, 2.45) is 0 Å². The van der Waals surface area contributed by atoms with Crippen molar-refractivity contribution in [1.82, 2.24) is 20.5 Å². The van der Waals surface area contributed by atoms with Gasteiger partial charge in [-0.15, -0.1) is 0 Å². The van der Waals surface area contributed by atoms with Crippen molar-refractivity contribution < 1.29 is 14.1 Å².